The zero-order chi connectivity index (χ0) is 18.7. The van der Waals surface area contributed by atoms with Crippen LogP contribution < -0.4 is 9.64 Å². The number of pyridine rings is 1. The third-order valence-corrected chi connectivity index (χ3v) is 5.63. The normalized spacial score (nSPS) is 20.0. The molecule has 1 aliphatic rings. The zero-order valence-electron chi connectivity index (χ0n) is 15.8. The van der Waals surface area contributed by atoms with Crippen LogP contribution in [0.15, 0.2) is 60.7 Å². The summed E-state index contributed by atoms with van der Waals surface area (Å²) in [7, 11) is 1.68. The topological polar surface area (TPSA) is 45.6 Å². The number of rotatable bonds is 5. The highest BCUT2D eigenvalue weighted by molar-refractivity contribution is 5.86. The Morgan fingerprint density at radius 1 is 1.07 bits per heavy atom. The summed E-state index contributed by atoms with van der Waals surface area (Å²) in [6.07, 6.45) is 2.97. The van der Waals surface area contributed by atoms with E-state index in [9.17, 15) is 5.11 Å². The zero-order valence-corrected chi connectivity index (χ0v) is 15.8. The van der Waals surface area contributed by atoms with Gasteiger partial charge in [0.25, 0.3) is 0 Å². The van der Waals surface area contributed by atoms with E-state index in [4.69, 9.17) is 9.72 Å². The van der Waals surface area contributed by atoms with Crippen LogP contribution in [0.2, 0.25) is 0 Å². The van der Waals surface area contributed by atoms with Gasteiger partial charge in [-0.25, -0.2) is 4.98 Å². The Morgan fingerprint density at radius 3 is 2.70 bits per heavy atom. The molecule has 3 aromatic rings. The molecule has 0 amide bonds. The van der Waals surface area contributed by atoms with Crippen molar-refractivity contribution in [3.05, 3.63) is 66.2 Å². The first-order valence-corrected chi connectivity index (χ1v) is 9.57. The van der Waals surface area contributed by atoms with Gasteiger partial charge in [-0.1, -0.05) is 42.5 Å². The monoisotopic (exact) mass is 362 g/mol. The number of nitrogens with zero attached hydrogens (tertiary/aromatic N) is 2. The Hall–Kier alpha value is -2.59. The molecule has 1 saturated heterocycles. The van der Waals surface area contributed by atoms with Crippen LogP contribution in [0.5, 0.6) is 5.75 Å². The average molecular weight is 362 g/mol. The quantitative estimate of drug-likeness (QED) is 0.743. The third-order valence-electron chi connectivity index (χ3n) is 5.63. The van der Waals surface area contributed by atoms with E-state index in [2.05, 4.69) is 47.4 Å². The molecule has 0 spiro atoms. The molecule has 4 nitrogen and oxygen atoms in total. The molecule has 4 rings (SSSR count). The molecule has 2 heterocycles. The maximum absolute atomic E-state index is 10.3. The maximum atomic E-state index is 10.3. The summed E-state index contributed by atoms with van der Waals surface area (Å²) in [6, 6.07) is 20.6. The summed E-state index contributed by atoms with van der Waals surface area (Å²) in [5.74, 6) is 1.75. The predicted molar refractivity (Wildman–Crippen MR) is 109 cm³/mol. The van der Waals surface area contributed by atoms with E-state index in [1.54, 1.807) is 7.11 Å². The smallest absolute Gasteiger partial charge is 0.145 e. The Labute approximate surface area is 160 Å². The fourth-order valence-electron chi connectivity index (χ4n) is 4.21. The molecule has 0 saturated carbocycles. The molecule has 0 radical (unpaired) electrons. The van der Waals surface area contributed by atoms with Crippen molar-refractivity contribution >= 4 is 16.7 Å². The fraction of sp³-hybridized carbons (Fsp3) is 0.348. The molecule has 2 aromatic carbocycles. The standard InChI is InChI=1S/C23H26N2O2/c1-27-20-10-5-9-19-11-12-21(24-22(19)20)25-14-6-13-23(16-25,17-26)15-18-7-3-2-4-8-18/h2-5,7-12,26H,6,13-17H2,1H3. The number of aromatic nitrogens is 1. The van der Waals surface area contributed by atoms with Gasteiger partial charge in [-0.05, 0) is 43.0 Å². The minimum atomic E-state index is -0.128. The molecule has 1 unspecified atom stereocenters. The summed E-state index contributed by atoms with van der Waals surface area (Å²) in [5.41, 5.74) is 2.04. The minimum absolute atomic E-state index is 0.128. The van der Waals surface area contributed by atoms with Crippen molar-refractivity contribution in [3.8, 4) is 5.75 Å². The number of aliphatic hydroxyl groups is 1. The number of ether oxygens (including phenoxy) is 1. The number of fused-ring (bicyclic) bond motifs is 1. The van der Waals surface area contributed by atoms with Gasteiger partial charge in [0.2, 0.25) is 0 Å². The SMILES string of the molecule is COc1cccc2ccc(N3CCCC(CO)(Cc4ccccc4)C3)nc12. The van der Waals surface area contributed by atoms with Gasteiger partial charge in [-0.2, -0.15) is 0 Å². The number of anilines is 1. The average Bonchev–Trinajstić information content (AvgIpc) is 2.73. The highest BCUT2D eigenvalue weighted by Gasteiger charge is 2.35. The van der Waals surface area contributed by atoms with Gasteiger partial charge >= 0.3 is 0 Å². The lowest BCUT2D eigenvalue weighted by atomic mass is 9.75. The van der Waals surface area contributed by atoms with Crippen LogP contribution in [-0.2, 0) is 6.42 Å². The van der Waals surface area contributed by atoms with Gasteiger partial charge in [0.05, 0.1) is 13.7 Å². The van der Waals surface area contributed by atoms with Crippen molar-refractivity contribution < 1.29 is 9.84 Å². The van der Waals surface area contributed by atoms with Crippen LogP contribution in [-0.4, -0.2) is 36.9 Å². The number of methoxy groups -OCH3 is 1. The van der Waals surface area contributed by atoms with Gasteiger partial charge < -0.3 is 14.7 Å². The molecular formula is C23H26N2O2. The Kier molecular flexibility index (Phi) is 4.99. The summed E-state index contributed by atoms with van der Waals surface area (Å²) in [5, 5.41) is 11.3. The second-order valence-electron chi connectivity index (χ2n) is 7.55. The van der Waals surface area contributed by atoms with Crippen molar-refractivity contribution in [1.82, 2.24) is 4.98 Å². The second-order valence-corrected chi connectivity index (χ2v) is 7.55. The van der Waals surface area contributed by atoms with Gasteiger partial charge in [-0.3, -0.25) is 0 Å². The molecule has 1 atom stereocenters. The van der Waals surface area contributed by atoms with Gasteiger partial charge in [0.15, 0.2) is 0 Å². The van der Waals surface area contributed by atoms with Gasteiger partial charge in [-0.15, -0.1) is 0 Å². The summed E-state index contributed by atoms with van der Waals surface area (Å²) < 4.78 is 5.49. The molecule has 0 aliphatic carbocycles. The number of benzene rings is 2. The number of hydrogen-bond acceptors (Lipinski definition) is 4. The van der Waals surface area contributed by atoms with Crippen molar-refractivity contribution in [2.45, 2.75) is 19.3 Å². The second kappa shape index (κ2) is 7.57. The molecule has 1 N–H and O–H groups in total. The number of hydrogen-bond donors (Lipinski definition) is 1. The fourth-order valence-corrected chi connectivity index (χ4v) is 4.21. The van der Waals surface area contributed by atoms with Crippen molar-refractivity contribution in [2.75, 3.05) is 31.7 Å². The summed E-state index contributed by atoms with van der Waals surface area (Å²) in [6.45, 7) is 1.96. The molecule has 1 aromatic heterocycles. The van der Waals surface area contributed by atoms with E-state index < -0.39 is 0 Å². The summed E-state index contributed by atoms with van der Waals surface area (Å²) >= 11 is 0. The van der Waals surface area contributed by atoms with Crippen LogP contribution in [0.3, 0.4) is 0 Å². The number of para-hydroxylation sites is 1. The van der Waals surface area contributed by atoms with Crippen LogP contribution in [0.25, 0.3) is 10.9 Å². The van der Waals surface area contributed by atoms with Crippen LogP contribution in [0.1, 0.15) is 18.4 Å². The highest BCUT2D eigenvalue weighted by Crippen LogP contribution is 2.36. The van der Waals surface area contributed by atoms with E-state index in [0.717, 1.165) is 54.8 Å². The number of piperidine rings is 1. The van der Waals surface area contributed by atoms with Gasteiger partial charge in [0, 0.05) is 23.9 Å². The molecule has 27 heavy (non-hydrogen) atoms. The van der Waals surface area contributed by atoms with Gasteiger partial charge in [0.1, 0.15) is 17.1 Å². The molecule has 140 valence electrons. The first-order chi connectivity index (χ1) is 13.2. The van der Waals surface area contributed by atoms with Crippen molar-refractivity contribution in [2.24, 2.45) is 5.41 Å². The molecule has 0 bridgehead atoms. The van der Waals surface area contributed by atoms with Crippen molar-refractivity contribution in [1.29, 1.82) is 0 Å². The lowest BCUT2D eigenvalue weighted by molar-refractivity contribution is 0.105. The third kappa shape index (κ3) is 3.62. The Balaban J connectivity index is 1.63. The van der Waals surface area contributed by atoms with E-state index in [1.165, 1.54) is 5.56 Å². The van der Waals surface area contributed by atoms with Crippen molar-refractivity contribution in [3.63, 3.8) is 0 Å². The minimum Gasteiger partial charge on any atom is -0.494 e. The largest absolute Gasteiger partial charge is 0.494 e. The number of aliphatic hydroxyl groups excluding tert-OH is 1. The van der Waals surface area contributed by atoms with Crippen LogP contribution in [0.4, 0.5) is 5.82 Å². The van der Waals surface area contributed by atoms with E-state index in [-0.39, 0.29) is 12.0 Å². The van der Waals surface area contributed by atoms with E-state index >= 15 is 0 Å². The first-order valence-electron chi connectivity index (χ1n) is 9.57. The Morgan fingerprint density at radius 2 is 1.93 bits per heavy atom. The van der Waals surface area contributed by atoms with E-state index in [1.807, 2.05) is 18.2 Å². The molecule has 1 fully saturated rings. The first kappa shape index (κ1) is 17.8. The lowest BCUT2D eigenvalue weighted by Gasteiger charge is -2.42. The predicted octanol–water partition coefficient (Wildman–Crippen LogP) is 4.07. The molecular weight excluding hydrogens is 336 g/mol. The molecule has 1 aliphatic heterocycles. The van der Waals surface area contributed by atoms with Crippen LogP contribution >= 0.6 is 0 Å². The van der Waals surface area contributed by atoms with E-state index in [0.29, 0.717) is 0 Å². The molecule has 4 heteroatoms. The summed E-state index contributed by atoms with van der Waals surface area (Å²) in [4.78, 5) is 7.21. The Bertz CT molecular complexity index is 913. The highest BCUT2D eigenvalue weighted by atomic mass is 16.5. The lowest BCUT2D eigenvalue weighted by Crippen LogP contribution is -2.47. The maximum Gasteiger partial charge on any atom is 0.145 e. The van der Waals surface area contributed by atoms with Crippen LogP contribution in [0, 0.1) is 5.41 Å².